The van der Waals surface area contributed by atoms with Crippen LogP contribution in [0.5, 0.6) is 17.2 Å². The van der Waals surface area contributed by atoms with Crippen molar-refractivity contribution < 1.29 is 27.4 Å². The van der Waals surface area contributed by atoms with E-state index in [9.17, 15) is 18.4 Å². The normalized spacial score (nSPS) is 11.1. The van der Waals surface area contributed by atoms with E-state index in [1.807, 2.05) is 6.07 Å². The predicted octanol–water partition coefficient (Wildman–Crippen LogP) is 4.97. The molecule has 0 unspecified atom stereocenters. The van der Waals surface area contributed by atoms with Crippen molar-refractivity contribution >= 4 is 11.4 Å². The summed E-state index contributed by atoms with van der Waals surface area (Å²) >= 11 is 0. The maximum atomic E-state index is 12.3. The Bertz CT molecular complexity index is 863. The minimum absolute atomic E-state index is 0.190. The van der Waals surface area contributed by atoms with Gasteiger partial charge in [-0.2, -0.15) is 5.26 Å². The second-order valence-electron chi connectivity index (χ2n) is 4.95. The quantitative estimate of drug-likeness (QED) is 0.541. The predicted molar refractivity (Wildman–Crippen MR) is 90.1 cm³/mol. The van der Waals surface area contributed by atoms with Crippen LogP contribution < -0.4 is 19.6 Å². The minimum atomic E-state index is -4.79. The zero-order valence-corrected chi connectivity index (χ0v) is 14.4. The summed E-state index contributed by atoms with van der Waals surface area (Å²) in [6.45, 7) is 2.17. The van der Waals surface area contributed by atoms with Crippen molar-refractivity contribution in [2.75, 3.05) is 19.1 Å². The van der Waals surface area contributed by atoms with E-state index in [2.05, 4.69) is 20.5 Å². The highest BCUT2D eigenvalue weighted by atomic mass is 19.4. The summed E-state index contributed by atoms with van der Waals surface area (Å²) in [6, 6.07) is 10.0. The molecule has 0 amide bonds. The molecular weight excluding hydrogens is 365 g/mol. The number of hydrogen-bond acceptors (Lipinski definition) is 6. The van der Waals surface area contributed by atoms with Crippen LogP contribution >= 0.6 is 0 Å². The molecule has 0 aliphatic rings. The Kier molecular flexibility index (Phi) is 6.43. The van der Waals surface area contributed by atoms with Crippen molar-refractivity contribution in [3.05, 3.63) is 42.0 Å². The molecule has 0 fully saturated rings. The molecule has 1 N–H and O–H groups in total. The van der Waals surface area contributed by atoms with E-state index in [1.165, 1.54) is 31.4 Å². The van der Waals surface area contributed by atoms with Gasteiger partial charge in [-0.1, -0.05) is 11.3 Å². The molecule has 0 radical (unpaired) electrons. The molecule has 142 valence electrons. The molecule has 2 rings (SSSR count). The molecule has 7 nitrogen and oxygen atoms in total. The van der Waals surface area contributed by atoms with Crippen LogP contribution in [0.25, 0.3) is 0 Å². The van der Waals surface area contributed by atoms with Gasteiger partial charge in [-0.25, -0.2) is 0 Å². The summed E-state index contributed by atoms with van der Waals surface area (Å²) in [6.07, 6.45) is -4.79. The summed E-state index contributed by atoms with van der Waals surface area (Å²) in [7, 11) is 1.44. The number of rotatable bonds is 7. The Morgan fingerprint density at radius 2 is 1.96 bits per heavy atom. The highest BCUT2D eigenvalue weighted by Crippen LogP contribution is 2.35. The summed E-state index contributed by atoms with van der Waals surface area (Å²) in [5.41, 5.74) is 3.10. The van der Waals surface area contributed by atoms with E-state index in [4.69, 9.17) is 9.47 Å². The van der Waals surface area contributed by atoms with Gasteiger partial charge in [0, 0.05) is 18.2 Å². The molecule has 2 aromatic rings. The average Bonchev–Trinajstić information content (AvgIpc) is 2.61. The molecule has 0 bridgehead atoms. The number of methoxy groups -OCH3 is 1. The number of hydrogen-bond donors (Lipinski definition) is 1. The third-order valence-corrected chi connectivity index (χ3v) is 3.11. The van der Waals surface area contributed by atoms with E-state index in [0.29, 0.717) is 18.1 Å². The molecule has 0 atom stereocenters. The van der Waals surface area contributed by atoms with E-state index < -0.39 is 12.1 Å². The first-order valence-corrected chi connectivity index (χ1v) is 7.63. The van der Waals surface area contributed by atoms with Crippen LogP contribution in [0.15, 0.2) is 46.7 Å². The first kappa shape index (κ1) is 19.8. The van der Waals surface area contributed by atoms with Crippen LogP contribution in [0.4, 0.5) is 24.5 Å². The van der Waals surface area contributed by atoms with Crippen LogP contribution in [-0.4, -0.2) is 20.1 Å². The largest absolute Gasteiger partial charge is 0.573 e. The van der Waals surface area contributed by atoms with Crippen LogP contribution in [0.3, 0.4) is 0 Å². The van der Waals surface area contributed by atoms with E-state index in [-0.39, 0.29) is 16.9 Å². The average molecular weight is 380 g/mol. The summed E-state index contributed by atoms with van der Waals surface area (Å²) in [4.78, 5) is 0. The van der Waals surface area contributed by atoms with Crippen molar-refractivity contribution in [3.63, 3.8) is 0 Å². The van der Waals surface area contributed by atoms with Gasteiger partial charge >= 0.3 is 6.36 Å². The Balaban J connectivity index is 2.20. The van der Waals surface area contributed by atoms with Gasteiger partial charge in [-0.3, -0.25) is 5.43 Å². The fourth-order valence-corrected chi connectivity index (χ4v) is 2.05. The molecule has 0 aliphatic heterocycles. The molecule has 27 heavy (non-hydrogen) atoms. The number of ether oxygens (including phenoxy) is 3. The lowest BCUT2D eigenvalue weighted by Gasteiger charge is -2.10. The fourth-order valence-electron chi connectivity index (χ4n) is 2.05. The Morgan fingerprint density at radius 1 is 1.19 bits per heavy atom. The van der Waals surface area contributed by atoms with Gasteiger partial charge in [0.05, 0.1) is 25.0 Å². The number of anilines is 1. The lowest BCUT2D eigenvalue weighted by atomic mass is 10.2. The minimum Gasteiger partial charge on any atom is -0.493 e. The number of alkyl halides is 3. The van der Waals surface area contributed by atoms with E-state index in [0.717, 1.165) is 12.1 Å². The van der Waals surface area contributed by atoms with Gasteiger partial charge in [0.1, 0.15) is 17.5 Å². The molecule has 0 aromatic heterocycles. The first-order chi connectivity index (χ1) is 12.9. The van der Waals surface area contributed by atoms with E-state index >= 15 is 0 Å². The second-order valence-corrected chi connectivity index (χ2v) is 4.95. The zero-order chi connectivity index (χ0) is 19.9. The number of nitrogens with one attached hydrogen (secondary N) is 1. The first-order valence-electron chi connectivity index (χ1n) is 7.63. The standard InChI is InChI=1S/C17H15F3N4O3/c1-3-26-16-9-14(11(10-21)7-15(16)25-2)23-24-22-12-5-4-6-13(8-12)27-17(18,19)20/h4-9H,3H2,1-2H3,(H,22,23). The molecule has 0 aliphatic carbocycles. The number of nitrogens with zero attached hydrogens (tertiary/aromatic N) is 3. The third-order valence-electron chi connectivity index (χ3n) is 3.11. The van der Waals surface area contributed by atoms with Gasteiger partial charge in [0.2, 0.25) is 0 Å². The van der Waals surface area contributed by atoms with Gasteiger partial charge in [0.15, 0.2) is 11.5 Å². The van der Waals surface area contributed by atoms with Crippen molar-refractivity contribution in [2.24, 2.45) is 10.3 Å². The van der Waals surface area contributed by atoms with Crippen LogP contribution in [-0.2, 0) is 0 Å². The topological polar surface area (TPSA) is 88.2 Å². The molecular formula is C17H15F3N4O3. The monoisotopic (exact) mass is 380 g/mol. The molecule has 0 saturated heterocycles. The zero-order valence-electron chi connectivity index (χ0n) is 14.4. The van der Waals surface area contributed by atoms with Gasteiger partial charge in [-0.15, -0.1) is 18.3 Å². The van der Waals surface area contributed by atoms with Crippen LogP contribution in [0, 0.1) is 11.3 Å². The Hall–Kier alpha value is -3.48. The van der Waals surface area contributed by atoms with Crippen molar-refractivity contribution in [2.45, 2.75) is 13.3 Å². The molecule has 2 aromatic carbocycles. The number of benzene rings is 2. The molecule has 0 saturated carbocycles. The molecule has 0 spiro atoms. The van der Waals surface area contributed by atoms with Gasteiger partial charge < -0.3 is 14.2 Å². The van der Waals surface area contributed by atoms with Gasteiger partial charge in [-0.05, 0) is 19.1 Å². The highest BCUT2D eigenvalue weighted by Gasteiger charge is 2.31. The summed E-state index contributed by atoms with van der Waals surface area (Å²) in [5.74, 6) is 0.356. The van der Waals surface area contributed by atoms with Gasteiger partial charge in [0.25, 0.3) is 0 Å². The fraction of sp³-hybridized carbons (Fsp3) is 0.235. The summed E-state index contributed by atoms with van der Waals surface area (Å²) in [5, 5.41) is 16.8. The second kappa shape index (κ2) is 8.75. The smallest absolute Gasteiger partial charge is 0.493 e. The Labute approximate surface area is 153 Å². The summed E-state index contributed by atoms with van der Waals surface area (Å²) < 4.78 is 51.2. The lowest BCUT2D eigenvalue weighted by molar-refractivity contribution is -0.274. The lowest BCUT2D eigenvalue weighted by Crippen LogP contribution is -2.17. The number of nitriles is 1. The maximum Gasteiger partial charge on any atom is 0.573 e. The highest BCUT2D eigenvalue weighted by molar-refractivity contribution is 5.61. The third kappa shape index (κ3) is 5.78. The van der Waals surface area contributed by atoms with E-state index in [1.54, 1.807) is 6.92 Å². The SMILES string of the molecule is CCOc1cc(N=NNc2cccc(OC(F)(F)F)c2)c(C#N)cc1OC. The van der Waals surface area contributed by atoms with Crippen LogP contribution in [0.2, 0.25) is 0 Å². The van der Waals surface area contributed by atoms with Crippen LogP contribution in [0.1, 0.15) is 12.5 Å². The van der Waals surface area contributed by atoms with Crippen molar-refractivity contribution in [3.8, 4) is 23.3 Å². The van der Waals surface area contributed by atoms with Crippen molar-refractivity contribution in [1.82, 2.24) is 0 Å². The molecule has 10 heteroatoms. The van der Waals surface area contributed by atoms with Crippen molar-refractivity contribution in [1.29, 1.82) is 5.26 Å². The number of halogens is 3. The maximum absolute atomic E-state index is 12.3. The molecule has 0 heterocycles. The Morgan fingerprint density at radius 3 is 2.59 bits per heavy atom.